The van der Waals surface area contributed by atoms with Crippen molar-refractivity contribution in [1.82, 2.24) is 4.90 Å². The number of alkyl halides is 2. The molecule has 0 radical (unpaired) electrons. The highest BCUT2D eigenvalue weighted by atomic mass is 35.5. The monoisotopic (exact) mass is 229 g/mol. The van der Waals surface area contributed by atoms with Gasteiger partial charge in [-0.1, -0.05) is 42.0 Å². The molecule has 0 fully saturated rings. The fourth-order valence-corrected chi connectivity index (χ4v) is 1.98. The molecule has 1 amide bonds. The third-order valence-corrected chi connectivity index (χ3v) is 2.63. The van der Waals surface area contributed by atoms with Gasteiger partial charge in [0.15, 0.2) is 0 Å². The lowest BCUT2D eigenvalue weighted by atomic mass is 10.1. The molecule has 14 heavy (non-hydrogen) atoms. The minimum atomic E-state index is -1.90. The van der Waals surface area contributed by atoms with Crippen LogP contribution in [0.1, 0.15) is 15.9 Å². The third kappa shape index (κ3) is 1.22. The van der Waals surface area contributed by atoms with Crippen LogP contribution >= 0.6 is 23.8 Å². The molecule has 1 aliphatic heterocycles. The largest absolute Gasteiger partial charge is 0.269 e. The van der Waals surface area contributed by atoms with Crippen LogP contribution in [0.4, 0.5) is 4.39 Å². The van der Waals surface area contributed by atoms with Crippen molar-refractivity contribution in [2.24, 2.45) is 0 Å². The molecule has 1 heterocycles. The Balaban J connectivity index is 2.54. The maximum Gasteiger partial charge on any atom is 0.262 e. The molecule has 0 spiro atoms. The Morgan fingerprint density at radius 1 is 1.36 bits per heavy atom. The van der Waals surface area contributed by atoms with E-state index in [0.717, 1.165) is 4.90 Å². The normalized spacial score (nSPS) is 17.1. The van der Waals surface area contributed by atoms with Crippen LogP contribution in [-0.2, 0) is 0 Å². The lowest BCUT2D eigenvalue weighted by Crippen LogP contribution is -2.33. The molecule has 1 aromatic carbocycles. The Hall–Kier alpha value is -1.00. The number of nitrogens with zero attached hydrogens (tertiary/aromatic N) is 1. The molecule has 0 saturated carbocycles. The minimum Gasteiger partial charge on any atom is -0.269 e. The van der Waals surface area contributed by atoms with E-state index in [2.05, 4.69) is 0 Å². The maximum absolute atomic E-state index is 12.9. The number of carbonyl (C=O) groups is 1. The Labute approximate surface area is 90.3 Å². The number of carbonyl (C=O) groups excluding carboxylic acids is 1. The van der Waals surface area contributed by atoms with E-state index in [1.165, 1.54) is 0 Å². The highest BCUT2D eigenvalue weighted by Gasteiger charge is 2.36. The summed E-state index contributed by atoms with van der Waals surface area (Å²) >= 11 is 10.1. The van der Waals surface area contributed by atoms with Gasteiger partial charge in [-0.25, -0.2) is 4.39 Å². The van der Waals surface area contributed by atoms with Gasteiger partial charge in [0.1, 0.15) is 4.99 Å². The van der Waals surface area contributed by atoms with Gasteiger partial charge in [-0.15, -0.1) is 0 Å². The molecule has 0 aromatic heterocycles. The zero-order valence-electron chi connectivity index (χ0n) is 6.91. The van der Waals surface area contributed by atoms with Crippen molar-refractivity contribution >= 4 is 34.7 Å². The van der Waals surface area contributed by atoms with Crippen LogP contribution in [0.3, 0.4) is 0 Å². The quantitative estimate of drug-likeness (QED) is 0.419. The van der Waals surface area contributed by atoms with E-state index >= 15 is 0 Å². The van der Waals surface area contributed by atoms with Gasteiger partial charge >= 0.3 is 0 Å². The number of amides is 1. The average molecular weight is 230 g/mol. The number of hydrogen-bond donors (Lipinski definition) is 0. The molecular weight excluding hydrogens is 225 g/mol. The Kier molecular flexibility index (Phi) is 2.25. The number of fused-ring (bicyclic) bond motifs is 1. The van der Waals surface area contributed by atoms with Crippen LogP contribution in [0.2, 0.25) is 0 Å². The van der Waals surface area contributed by atoms with Crippen LogP contribution < -0.4 is 0 Å². The second-order valence-electron chi connectivity index (χ2n) is 2.80. The van der Waals surface area contributed by atoms with E-state index < -0.39 is 11.7 Å². The first-order chi connectivity index (χ1) is 6.63. The lowest BCUT2D eigenvalue weighted by molar-refractivity contribution is 0.0790. The van der Waals surface area contributed by atoms with Crippen molar-refractivity contribution in [3.05, 3.63) is 35.4 Å². The predicted octanol–water partition coefficient (Wildman–Crippen LogP) is 2.31. The zero-order chi connectivity index (χ0) is 10.3. The van der Waals surface area contributed by atoms with E-state index in [1.54, 1.807) is 24.3 Å². The van der Waals surface area contributed by atoms with Crippen molar-refractivity contribution in [3.8, 4) is 0 Å². The van der Waals surface area contributed by atoms with Crippen LogP contribution in [-0.4, -0.2) is 21.6 Å². The molecule has 1 unspecified atom stereocenters. The molecule has 2 rings (SSSR count). The van der Waals surface area contributed by atoms with Crippen molar-refractivity contribution < 1.29 is 9.18 Å². The number of hydrogen-bond acceptors (Lipinski definition) is 2. The number of halogens is 2. The fourth-order valence-electron chi connectivity index (χ4n) is 1.39. The predicted molar refractivity (Wildman–Crippen MR) is 55.1 cm³/mol. The average Bonchev–Trinajstić information content (AvgIpc) is 2.41. The van der Waals surface area contributed by atoms with Crippen LogP contribution in [0.5, 0.6) is 0 Å². The summed E-state index contributed by atoms with van der Waals surface area (Å²) in [6.07, 6.45) is 0. The molecule has 2 nitrogen and oxygen atoms in total. The number of thiocarbonyl (C=S) groups is 1. The van der Waals surface area contributed by atoms with Gasteiger partial charge in [0.05, 0.1) is 5.56 Å². The van der Waals surface area contributed by atoms with Gasteiger partial charge < -0.3 is 0 Å². The molecule has 5 heteroatoms. The smallest absolute Gasteiger partial charge is 0.262 e. The second-order valence-corrected chi connectivity index (χ2v) is 3.55. The molecule has 1 atom stereocenters. The fraction of sp³-hybridized carbons (Fsp3) is 0.111. The zero-order valence-corrected chi connectivity index (χ0v) is 8.48. The number of benzene rings is 1. The van der Waals surface area contributed by atoms with E-state index in [-0.39, 0.29) is 4.99 Å². The Morgan fingerprint density at radius 2 is 1.93 bits per heavy atom. The summed E-state index contributed by atoms with van der Waals surface area (Å²) in [6, 6.07) is 6.71. The van der Waals surface area contributed by atoms with Crippen molar-refractivity contribution in [2.75, 3.05) is 0 Å². The van der Waals surface area contributed by atoms with Gasteiger partial charge in [0.2, 0.25) is 0 Å². The SMILES string of the molecule is O=C1c2ccccc2C(=S)N1C(F)Cl. The highest BCUT2D eigenvalue weighted by molar-refractivity contribution is 7.80. The molecule has 0 N–H and O–H groups in total. The summed E-state index contributed by atoms with van der Waals surface area (Å²) in [6.45, 7) is 0. The van der Waals surface area contributed by atoms with Crippen LogP contribution in [0.15, 0.2) is 24.3 Å². The van der Waals surface area contributed by atoms with Gasteiger partial charge in [-0.05, 0) is 6.07 Å². The highest BCUT2D eigenvalue weighted by Crippen LogP contribution is 2.26. The van der Waals surface area contributed by atoms with E-state index in [0.29, 0.717) is 11.1 Å². The van der Waals surface area contributed by atoms with Crippen LogP contribution in [0, 0.1) is 0 Å². The van der Waals surface area contributed by atoms with E-state index in [4.69, 9.17) is 23.8 Å². The summed E-state index contributed by atoms with van der Waals surface area (Å²) in [7, 11) is 0. The molecule has 0 bridgehead atoms. The van der Waals surface area contributed by atoms with E-state index in [1.807, 2.05) is 0 Å². The summed E-state index contributed by atoms with van der Waals surface area (Å²) in [5, 5.41) is 0. The van der Waals surface area contributed by atoms with Gasteiger partial charge in [-0.2, -0.15) is 0 Å². The van der Waals surface area contributed by atoms with Gasteiger partial charge in [0.25, 0.3) is 11.7 Å². The van der Waals surface area contributed by atoms with E-state index in [9.17, 15) is 9.18 Å². The first kappa shape index (κ1) is 9.55. The standard InChI is InChI=1S/C9H5ClFNOS/c10-9(11)12-7(13)5-3-1-2-4-6(5)8(12)14/h1-4,9H. The van der Waals surface area contributed by atoms with Crippen molar-refractivity contribution in [2.45, 2.75) is 5.75 Å². The first-order valence-corrected chi connectivity index (χ1v) is 4.72. The molecule has 1 aromatic rings. The van der Waals surface area contributed by atoms with Crippen molar-refractivity contribution in [3.63, 3.8) is 0 Å². The molecular formula is C9H5ClFNOS. The summed E-state index contributed by atoms with van der Waals surface area (Å²) in [4.78, 5) is 12.5. The minimum absolute atomic E-state index is 0.146. The third-order valence-electron chi connectivity index (χ3n) is 2.02. The Morgan fingerprint density at radius 3 is 2.43 bits per heavy atom. The summed E-state index contributed by atoms with van der Waals surface area (Å²) < 4.78 is 12.9. The lowest BCUT2D eigenvalue weighted by Gasteiger charge is -2.14. The summed E-state index contributed by atoms with van der Waals surface area (Å²) in [5.41, 5.74) is 0.969. The molecule has 72 valence electrons. The molecule has 0 saturated heterocycles. The molecule has 1 aliphatic rings. The van der Waals surface area contributed by atoms with Crippen molar-refractivity contribution in [1.29, 1.82) is 0 Å². The topological polar surface area (TPSA) is 20.3 Å². The summed E-state index contributed by atoms with van der Waals surface area (Å²) in [5.74, 6) is -2.38. The number of rotatable bonds is 1. The molecule has 0 aliphatic carbocycles. The van der Waals surface area contributed by atoms with Crippen LogP contribution in [0.25, 0.3) is 0 Å². The maximum atomic E-state index is 12.9. The Bertz CT molecular complexity index is 386. The van der Waals surface area contributed by atoms with Gasteiger partial charge in [0, 0.05) is 5.56 Å². The van der Waals surface area contributed by atoms with Gasteiger partial charge in [-0.3, -0.25) is 9.69 Å². The first-order valence-electron chi connectivity index (χ1n) is 3.88. The second kappa shape index (κ2) is 3.29.